The molecule has 1 N–H and O–H groups in total. The molecule has 0 unspecified atom stereocenters. The Kier molecular flexibility index (Phi) is 7.30. The molecule has 0 saturated heterocycles. The third-order valence-corrected chi connectivity index (χ3v) is 5.86. The van der Waals surface area contributed by atoms with Crippen molar-refractivity contribution in [1.82, 2.24) is 20.0 Å². The molecule has 2 amide bonds. The van der Waals surface area contributed by atoms with E-state index >= 15 is 0 Å². The van der Waals surface area contributed by atoms with Gasteiger partial charge in [-0.15, -0.1) is 0 Å². The highest BCUT2D eigenvalue weighted by molar-refractivity contribution is 6.33. The van der Waals surface area contributed by atoms with E-state index in [0.29, 0.717) is 22.2 Å². The molecule has 0 radical (unpaired) electrons. The molecule has 0 aliphatic heterocycles. The van der Waals surface area contributed by atoms with E-state index in [0.717, 1.165) is 22.5 Å². The van der Waals surface area contributed by atoms with Crippen molar-refractivity contribution >= 4 is 35.0 Å². The molecule has 34 heavy (non-hydrogen) atoms. The summed E-state index contributed by atoms with van der Waals surface area (Å²) >= 11 is 12.1. The first kappa shape index (κ1) is 23.5. The van der Waals surface area contributed by atoms with Gasteiger partial charge in [-0.2, -0.15) is 5.10 Å². The number of carbonyl (C=O) groups excluding carboxylic acids is 2. The summed E-state index contributed by atoms with van der Waals surface area (Å²) in [7, 11) is 1.69. The van der Waals surface area contributed by atoms with Gasteiger partial charge in [0.05, 0.1) is 28.5 Å². The van der Waals surface area contributed by atoms with E-state index in [2.05, 4.69) is 5.32 Å². The number of aromatic nitrogens is 2. The van der Waals surface area contributed by atoms with Gasteiger partial charge in [0.1, 0.15) is 0 Å². The lowest BCUT2D eigenvalue weighted by molar-refractivity contribution is -0.129. The summed E-state index contributed by atoms with van der Waals surface area (Å²) in [6.07, 6.45) is 1.91. The van der Waals surface area contributed by atoms with Gasteiger partial charge in [0.15, 0.2) is 0 Å². The van der Waals surface area contributed by atoms with Crippen LogP contribution in [0.15, 0.2) is 85.1 Å². The van der Waals surface area contributed by atoms with Gasteiger partial charge in [-0.05, 0) is 36.4 Å². The van der Waals surface area contributed by atoms with Crippen LogP contribution in [0.3, 0.4) is 0 Å². The predicted molar refractivity (Wildman–Crippen MR) is 134 cm³/mol. The second-order valence-electron chi connectivity index (χ2n) is 7.70. The monoisotopic (exact) mass is 492 g/mol. The second-order valence-corrected chi connectivity index (χ2v) is 8.55. The Balaban J connectivity index is 1.52. The molecule has 0 bridgehead atoms. The highest BCUT2D eigenvalue weighted by Gasteiger charge is 2.18. The van der Waals surface area contributed by atoms with E-state index in [1.807, 2.05) is 48.7 Å². The zero-order chi connectivity index (χ0) is 24.1. The highest BCUT2D eigenvalue weighted by Crippen LogP contribution is 2.26. The van der Waals surface area contributed by atoms with Crippen LogP contribution in [0.5, 0.6) is 0 Å². The minimum atomic E-state index is -0.397. The minimum absolute atomic E-state index is 0.149. The van der Waals surface area contributed by atoms with Crippen LogP contribution in [0.1, 0.15) is 15.9 Å². The Labute approximate surface area is 207 Å². The van der Waals surface area contributed by atoms with Crippen LogP contribution in [0.25, 0.3) is 16.9 Å². The van der Waals surface area contributed by atoms with Crippen molar-refractivity contribution in [2.45, 2.75) is 6.54 Å². The summed E-state index contributed by atoms with van der Waals surface area (Å²) in [5.41, 5.74) is 3.74. The van der Waals surface area contributed by atoms with Crippen molar-refractivity contribution < 1.29 is 9.59 Å². The van der Waals surface area contributed by atoms with Gasteiger partial charge in [-0.1, -0.05) is 65.7 Å². The van der Waals surface area contributed by atoms with Gasteiger partial charge in [-0.25, -0.2) is 4.68 Å². The second kappa shape index (κ2) is 10.5. The molecule has 6 nitrogen and oxygen atoms in total. The van der Waals surface area contributed by atoms with Gasteiger partial charge < -0.3 is 10.2 Å². The number of hydrogen-bond donors (Lipinski definition) is 1. The number of nitrogens with zero attached hydrogens (tertiary/aromatic N) is 3. The van der Waals surface area contributed by atoms with Crippen LogP contribution in [-0.2, 0) is 11.3 Å². The maximum Gasteiger partial charge on any atom is 0.253 e. The SMILES string of the molecule is CN(Cc1cn(-c2ccccc2)nc1-c1ccc(Cl)cc1)C(=O)CNC(=O)c1ccccc1Cl. The Hall–Kier alpha value is -3.61. The Morgan fingerprint density at radius 3 is 2.32 bits per heavy atom. The van der Waals surface area contributed by atoms with Gasteiger partial charge in [0.25, 0.3) is 5.91 Å². The molecule has 0 spiro atoms. The van der Waals surface area contributed by atoms with Crippen LogP contribution in [0, 0.1) is 0 Å². The van der Waals surface area contributed by atoms with Crippen molar-refractivity contribution in [2.75, 3.05) is 13.6 Å². The Morgan fingerprint density at radius 1 is 0.941 bits per heavy atom. The number of hydrogen-bond acceptors (Lipinski definition) is 3. The van der Waals surface area contributed by atoms with Crippen LogP contribution in [0.4, 0.5) is 0 Å². The van der Waals surface area contributed by atoms with Crippen molar-refractivity contribution in [2.24, 2.45) is 0 Å². The van der Waals surface area contributed by atoms with Gasteiger partial charge in [0.2, 0.25) is 5.91 Å². The number of likely N-dealkylation sites (N-methyl/N-ethyl adjacent to an activating group) is 1. The van der Waals surface area contributed by atoms with Crippen molar-refractivity contribution in [3.8, 4) is 16.9 Å². The van der Waals surface area contributed by atoms with Gasteiger partial charge in [0, 0.05) is 35.9 Å². The number of benzene rings is 3. The van der Waals surface area contributed by atoms with E-state index in [-0.39, 0.29) is 12.5 Å². The topological polar surface area (TPSA) is 67.2 Å². The van der Waals surface area contributed by atoms with E-state index in [9.17, 15) is 9.59 Å². The van der Waals surface area contributed by atoms with Crippen LogP contribution < -0.4 is 5.32 Å². The highest BCUT2D eigenvalue weighted by atomic mass is 35.5. The normalized spacial score (nSPS) is 10.7. The molecule has 3 aromatic carbocycles. The third-order valence-electron chi connectivity index (χ3n) is 5.28. The number of rotatable bonds is 7. The maximum absolute atomic E-state index is 12.8. The zero-order valence-electron chi connectivity index (χ0n) is 18.4. The summed E-state index contributed by atoms with van der Waals surface area (Å²) in [6, 6.07) is 23.9. The Morgan fingerprint density at radius 2 is 1.62 bits per heavy atom. The fraction of sp³-hybridized carbons (Fsp3) is 0.115. The van der Waals surface area contributed by atoms with Gasteiger partial charge in [-0.3, -0.25) is 9.59 Å². The summed E-state index contributed by atoms with van der Waals surface area (Å²) in [6.45, 7) is 0.162. The number of carbonyl (C=O) groups is 2. The smallest absolute Gasteiger partial charge is 0.253 e. The van der Waals surface area contributed by atoms with Crippen molar-refractivity contribution in [1.29, 1.82) is 0 Å². The number of para-hydroxylation sites is 1. The van der Waals surface area contributed by atoms with Gasteiger partial charge >= 0.3 is 0 Å². The number of amides is 2. The standard InChI is InChI=1S/C26H22Cl2N4O2/c1-31(24(33)15-29-26(34)22-9-5-6-10-23(22)28)16-19-17-32(21-7-3-2-4-8-21)30-25(19)18-11-13-20(27)14-12-18/h2-14,17H,15-16H2,1H3,(H,29,34). The lowest BCUT2D eigenvalue weighted by Gasteiger charge is -2.17. The Bertz CT molecular complexity index is 1300. The number of nitrogens with one attached hydrogen (secondary N) is 1. The molecule has 4 rings (SSSR count). The quantitative estimate of drug-likeness (QED) is 0.383. The fourth-order valence-electron chi connectivity index (χ4n) is 3.46. The molecule has 0 saturated carbocycles. The lowest BCUT2D eigenvalue weighted by Crippen LogP contribution is -2.37. The molecule has 8 heteroatoms. The first-order valence-corrected chi connectivity index (χ1v) is 11.3. The molecule has 0 aliphatic carbocycles. The molecular formula is C26H22Cl2N4O2. The minimum Gasteiger partial charge on any atom is -0.343 e. The first-order valence-electron chi connectivity index (χ1n) is 10.6. The average molecular weight is 493 g/mol. The maximum atomic E-state index is 12.8. The molecule has 4 aromatic rings. The molecule has 1 heterocycles. The molecule has 1 aromatic heterocycles. The molecular weight excluding hydrogens is 471 g/mol. The number of halogens is 2. The zero-order valence-corrected chi connectivity index (χ0v) is 19.9. The van der Waals surface area contributed by atoms with E-state index in [1.165, 1.54) is 0 Å². The molecule has 172 valence electrons. The predicted octanol–water partition coefficient (Wildman–Crippen LogP) is 5.23. The molecule has 0 fully saturated rings. The van der Waals surface area contributed by atoms with Crippen molar-refractivity contribution in [3.63, 3.8) is 0 Å². The largest absolute Gasteiger partial charge is 0.343 e. The fourth-order valence-corrected chi connectivity index (χ4v) is 3.81. The molecule has 0 atom stereocenters. The van der Waals surface area contributed by atoms with Crippen LogP contribution in [0.2, 0.25) is 10.0 Å². The van der Waals surface area contributed by atoms with E-state index in [4.69, 9.17) is 28.3 Å². The van der Waals surface area contributed by atoms with E-state index in [1.54, 1.807) is 53.0 Å². The average Bonchev–Trinajstić information content (AvgIpc) is 3.27. The summed E-state index contributed by atoms with van der Waals surface area (Å²) in [5, 5.41) is 8.38. The summed E-state index contributed by atoms with van der Waals surface area (Å²) in [5.74, 6) is -0.638. The van der Waals surface area contributed by atoms with Crippen molar-refractivity contribution in [3.05, 3.63) is 106 Å². The third kappa shape index (κ3) is 5.47. The van der Waals surface area contributed by atoms with E-state index < -0.39 is 5.91 Å². The van der Waals surface area contributed by atoms with Crippen LogP contribution >= 0.6 is 23.2 Å². The van der Waals surface area contributed by atoms with Crippen LogP contribution in [-0.4, -0.2) is 40.1 Å². The summed E-state index contributed by atoms with van der Waals surface area (Å²) < 4.78 is 1.79. The molecule has 0 aliphatic rings. The summed E-state index contributed by atoms with van der Waals surface area (Å²) in [4.78, 5) is 26.7. The lowest BCUT2D eigenvalue weighted by atomic mass is 10.1. The first-order chi connectivity index (χ1) is 16.4.